The Morgan fingerprint density at radius 1 is 1.16 bits per heavy atom. The van der Waals surface area contributed by atoms with Crippen LogP contribution in [0.3, 0.4) is 0 Å². The Morgan fingerprint density at radius 2 is 1.95 bits per heavy atom. The molecule has 0 aliphatic heterocycles. The molecule has 0 aliphatic rings. The lowest BCUT2D eigenvalue weighted by molar-refractivity contribution is 0.187. The third kappa shape index (κ3) is 6.58. The molecule has 2 heterocycles. The summed E-state index contributed by atoms with van der Waals surface area (Å²) < 4.78 is 6.10. The second kappa shape index (κ2) is 12.4. The zero-order valence-corrected chi connectivity index (χ0v) is 22.0. The van der Waals surface area contributed by atoms with E-state index in [4.69, 9.17) is 23.2 Å². The summed E-state index contributed by atoms with van der Waals surface area (Å²) in [7, 11) is 1.29. The van der Waals surface area contributed by atoms with Crippen LogP contribution in [-0.2, 0) is 11.3 Å². The number of tetrazole rings is 1. The molecule has 3 amide bonds. The van der Waals surface area contributed by atoms with E-state index in [-0.39, 0.29) is 6.54 Å². The van der Waals surface area contributed by atoms with Crippen LogP contribution in [0.1, 0.15) is 37.2 Å². The minimum Gasteiger partial charge on any atom is -0.453 e. The highest BCUT2D eigenvalue weighted by molar-refractivity contribution is 6.32. The number of benzene rings is 2. The third-order valence-electron chi connectivity index (χ3n) is 5.56. The highest BCUT2D eigenvalue weighted by Gasteiger charge is 2.21. The van der Waals surface area contributed by atoms with Crippen LogP contribution >= 0.6 is 23.2 Å². The highest BCUT2D eigenvalue weighted by atomic mass is 35.5. The van der Waals surface area contributed by atoms with E-state index >= 15 is 0 Å². The van der Waals surface area contributed by atoms with Crippen LogP contribution in [0, 0.1) is 0 Å². The van der Waals surface area contributed by atoms with Crippen molar-refractivity contribution in [3.8, 4) is 16.9 Å². The van der Waals surface area contributed by atoms with Gasteiger partial charge in [0.2, 0.25) is 0 Å². The van der Waals surface area contributed by atoms with Crippen LogP contribution in [0.15, 0.2) is 48.8 Å². The lowest BCUT2D eigenvalue weighted by Gasteiger charge is -2.17. The average molecular weight is 558 g/mol. The highest BCUT2D eigenvalue weighted by Crippen LogP contribution is 2.29. The Hall–Kier alpha value is -4.16. The molecule has 12 nitrogen and oxygen atoms in total. The molecule has 0 spiro atoms. The Morgan fingerprint density at radius 3 is 2.63 bits per heavy atom. The van der Waals surface area contributed by atoms with Crippen LogP contribution < -0.4 is 16.0 Å². The second-order valence-electron chi connectivity index (χ2n) is 8.17. The summed E-state index contributed by atoms with van der Waals surface area (Å²) in [6.07, 6.45) is 2.33. The van der Waals surface area contributed by atoms with Crippen molar-refractivity contribution in [2.24, 2.45) is 0 Å². The Labute approximate surface area is 228 Å². The van der Waals surface area contributed by atoms with Gasteiger partial charge in [-0.2, -0.15) is 0 Å². The summed E-state index contributed by atoms with van der Waals surface area (Å²) in [5.74, 6) is 0.524. The summed E-state index contributed by atoms with van der Waals surface area (Å²) in [5.41, 5.74) is 3.27. The van der Waals surface area contributed by atoms with Crippen molar-refractivity contribution in [3.63, 3.8) is 0 Å². The number of anilines is 1. The van der Waals surface area contributed by atoms with Gasteiger partial charge in [0.25, 0.3) is 0 Å². The number of carbonyl (C=O) groups is 2. The van der Waals surface area contributed by atoms with Crippen LogP contribution in [0.5, 0.6) is 0 Å². The van der Waals surface area contributed by atoms with Crippen LogP contribution in [-0.4, -0.2) is 49.4 Å². The van der Waals surface area contributed by atoms with Gasteiger partial charge in [0.1, 0.15) is 23.0 Å². The van der Waals surface area contributed by atoms with E-state index in [0.717, 1.165) is 17.5 Å². The molecule has 0 saturated heterocycles. The summed E-state index contributed by atoms with van der Waals surface area (Å²) in [6, 6.07) is 11.4. The fourth-order valence-corrected chi connectivity index (χ4v) is 4.19. The van der Waals surface area contributed by atoms with E-state index in [1.807, 2.05) is 6.92 Å². The van der Waals surface area contributed by atoms with Crippen LogP contribution in [0.2, 0.25) is 10.2 Å². The van der Waals surface area contributed by atoms with Gasteiger partial charge in [-0.15, -0.1) is 5.10 Å². The number of nitrogens with one attached hydrogen (secondary N) is 4. The van der Waals surface area contributed by atoms with Gasteiger partial charge < -0.3 is 20.4 Å². The number of aromatic amines is 1. The number of methoxy groups -OCH3 is 1. The number of rotatable bonds is 9. The number of nitrogens with zero attached hydrogens (tertiary/aromatic N) is 5. The van der Waals surface area contributed by atoms with Gasteiger partial charge in [0.15, 0.2) is 0 Å². The van der Waals surface area contributed by atoms with Gasteiger partial charge in [-0.1, -0.05) is 48.7 Å². The molecule has 0 fully saturated rings. The topological polar surface area (TPSA) is 152 Å². The number of halogens is 2. The number of H-pyrrole nitrogens is 1. The molecular formula is C24H25Cl2N9O3. The molecule has 4 N–H and O–H groups in total. The summed E-state index contributed by atoms with van der Waals surface area (Å²) in [4.78, 5) is 32.0. The molecule has 4 aromatic rings. The van der Waals surface area contributed by atoms with Gasteiger partial charge in [-0.3, -0.25) is 5.32 Å². The maximum Gasteiger partial charge on any atom is 0.411 e. The molecule has 4 rings (SSSR count). The van der Waals surface area contributed by atoms with E-state index in [9.17, 15) is 9.59 Å². The molecule has 2 aromatic carbocycles. The molecule has 38 heavy (non-hydrogen) atoms. The maximum atomic E-state index is 12.8. The van der Waals surface area contributed by atoms with Crippen molar-refractivity contribution in [2.75, 3.05) is 12.4 Å². The molecule has 1 atom stereocenters. The van der Waals surface area contributed by atoms with E-state index in [2.05, 4.69) is 46.2 Å². The average Bonchev–Trinajstić information content (AvgIpc) is 3.58. The lowest BCUT2D eigenvalue weighted by atomic mass is 10.1. The van der Waals surface area contributed by atoms with Crippen molar-refractivity contribution < 1.29 is 14.3 Å². The number of amides is 3. The van der Waals surface area contributed by atoms with E-state index in [0.29, 0.717) is 39.5 Å². The number of urea groups is 1. The van der Waals surface area contributed by atoms with E-state index in [1.54, 1.807) is 42.5 Å². The first kappa shape index (κ1) is 26.9. The SMILES string of the molecule is CCC[C@H](NC(=O)NCc1cc(Cl)ccc1-n1cnnn1)c1nc(-c2ccc(NC(=O)OC)cc2)c(Cl)[nH]1. The number of carbonyl (C=O) groups excluding carboxylic acids is 2. The van der Waals surface area contributed by atoms with Gasteiger partial charge in [-0.05, 0) is 52.7 Å². The maximum absolute atomic E-state index is 12.8. The van der Waals surface area contributed by atoms with E-state index in [1.165, 1.54) is 18.1 Å². The number of hydrogen-bond donors (Lipinski definition) is 4. The first-order valence-corrected chi connectivity index (χ1v) is 12.4. The van der Waals surface area contributed by atoms with Crippen LogP contribution in [0.4, 0.5) is 15.3 Å². The largest absolute Gasteiger partial charge is 0.453 e. The first-order chi connectivity index (χ1) is 18.4. The molecule has 14 heteroatoms. The predicted octanol–water partition coefficient (Wildman–Crippen LogP) is 4.88. The monoisotopic (exact) mass is 557 g/mol. The van der Waals surface area contributed by atoms with Crippen molar-refractivity contribution in [3.05, 3.63) is 70.4 Å². The number of imidazole rings is 1. The number of ether oxygens (including phenoxy) is 1. The zero-order chi connectivity index (χ0) is 27.1. The molecule has 198 valence electrons. The summed E-state index contributed by atoms with van der Waals surface area (Å²) in [5, 5.41) is 20.5. The lowest BCUT2D eigenvalue weighted by Crippen LogP contribution is -2.38. The van der Waals surface area contributed by atoms with Crippen molar-refractivity contribution >= 4 is 41.0 Å². The normalized spacial score (nSPS) is 11.6. The molecular weight excluding hydrogens is 533 g/mol. The standard InChI is InChI=1S/C24H25Cl2N9O3/c1-3-4-18(22-31-20(21(26)32-22)14-5-8-17(9-6-14)29-24(37)38-2)30-23(36)27-12-15-11-16(25)7-10-19(15)35-13-28-33-34-35/h5-11,13,18H,3-4,12H2,1-2H3,(H,29,37)(H,31,32)(H2,27,30,36)/t18-/m0/s1. The number of hydrogen-bond acceptors (Lipinski definition) is 7. The predicted molar refractivity (Wildman–Crippen MR) is 142 cm³/mol. The molecule has 0 bridgehead atoms. The molecule has 0 saturated carbocycles. The number of aromatic nitrogens is 6. The van der Waals surface area contributed by atoms with Crippen molar-refractivity contribution in [1.82, 2.24) is 40.8 Å². The minimum atomic E-state index is -0.563. The smallest absolute Gasteiger partial charge is 0.411 e. The third-order valence-corrected chi connectivity index (χ3v) is 6.07. The van der Waals surface area contributed by atoms with Gasteiger partial charge in [-0.25, -0.2) is 19.3 Å². The Balaban J connectivity index is 1.45. The van der Waals surface area contributed by atoms with E-state index < -0.39 is 18.2 Å². The minimum absolute atomic E-state index is 0.191. The fourth-order valence-electron chi connectivity index (χ4n) is 3.75. The Bertz CT molecular complexity index is 1390. The first-order valence-electron chi connectivity index (χ1n) is 11.6. The molecule has 0 radical (unpaired) electrons. The Kier molecular flexibility index (Phi) is 8.77. The fraction of sp³-hybridized carbons (Fsp3) is 0.250. The molecule has 2 aromatic heterocycles. The molecule has 0 unspecified atom stereocenters. The van der Waals surface area contributed by atoms with Crippen molar-refractivity contribution in [1.29, 1.82) is 0 Å². The molecule has 0 aliphatic carbocycles. The van der Waals surface area contributed by atoms with Gasteiger partial charge in [0.05, 0.1) is 18.8 Å². The van der Waals surface area contributed by atoms with Crippen LogP contribution in [0.25, 0.3) is 16.9 Å². The summed E-state index contributed by atoms with van der Waals surface area (Å²) in [6.45, 7) is 2.20. The second-order valence-corrected chi connectivity index (χ2v) is 8.99. The summed E-state index contributed by atoms with van der Waals surface area (Å²) >= 11 is 12.6. The quantitative estimate of drug-likeness (QED) is 0.229. The van der Waals surface area contributed by atoms with Gasteiger partial charge >= 0.3 is 12.1 Å². The van der Waals surface area contributed by atoms with Gasteiger partial charge in [0, 0.05) is 22.8 Å². The zero-order valence-electron chi connectivity index (χ0n) is 20.5. The van der Waals surface area contributed by atoms with Crippen molar-refractivity contribution in [2.45, 2.75) is 32.4 Å².